The Hall–Kier alpha value is -2.71. The molecule has 2 aromatic carbocycles. The molecule has 27 heavy (non-hydrogen) atoms. The molecule has 3 aromatic rings. The summed E-state index contributed by atoms with van der Waals surface area (Å²) >= 11 is 0. The smallest absolute Gasteiger partial charge is 0.243 e. The highest BCUT2D eigenvalue weighted by Gasteiger charge is 2.42. The second-order valence-corrected chi connectivity index (χ2v) is 8.35. The third-order valence-corrected chi connectivity index (χ3v) is 6.73. The summed E-state index contributed by atoms with van der Waals surface area (Å²) in [5.74, 6) is 0.799. The van der Waals surface area contributed by atoms with E-state index in [0.29, 0.717) is 24.7 Å². The van der Waals surface area contributed by atoms with E-state index in [4.69, 9.17) is 9.26 Å². The fourth-order valence-electron chi connectivity index (χ4n) is 3.52. The van der Waals surface area contributed by atoms with Crippen molar-refractivity contribution in [3.8, 4) is 5.75 Å². The van der Waals surface area contributed by atoms with Crippen LogP contribution in [0, 0.1) is 0 Å². The molecule has 2 heterocycles. The molecule has 4 rings (SSSR count). The van der Waals surface area contributed by atoms with E-state index < -0.39 is 10.0 Å². The molecule has 0 spiro atoms. The van der Waals surface area contributed by atoms with Crippen molar-refractivity contribution < 1.29 is 17.7 Å². The van der Waals surface area contributed by atoms with Gasteiger partial charge in [0.25, 0.3) is 0 Å². The molecule has 0 unspecified atom stereocenters. The van der Waals surface area contributed by atoms with Gasteiger partial charge in [-0.3, -0.25) is 0 Å². The van der Waals surface area contributed by atoms with E-state index in [9.17, 15) is 8.42 Å². The van der Waals surface area contributed by atoms with Crippen LogP contribution in [-0.4, -0.2) is 43.1 Å². The highest BCUT2D eigenvalue weighted by atomic mass is 32.2. The lowest BCUT2D eigenvalue weighted by Gasteiger charge is -2.17. The molecule has 8 heteroatoms. The number of rotatable bonds is 5. The van der Waals surface area contributed by atoms with Crippen LogP contribution in [0.25, 0.3) is 0 Å². The van der Waals surface area contributed by atoms with Crippen molar-refractivity contribution in [2.75, 3.05) is 20.2 Å². The maximum absolute atomic E-state index is 13.2. The molecule has 1 saturated heterocycles. The van der Waals surface area contributed by atoms with Crippen molar-refractivity contribution >= 4 is 10.0 Å². The number of aromatic nitrogens is 2. The minimum Gasteiger partial charge on any atom is -0.497 e. The number of benzene rings is 2. The van der Waals surface area contributed by atoms with Gasteiger partial charge in [-0.1, -0.05) is 41.6 Å². The van der Waals surface area contributed by atoms with Crippen molar-refractivity contribution in [1.82, 2.24) is 14.4 Å². The Morgan fingerprint density at radius 1 is 1.07 bits per heavy atom. The first-order valence-electron chi connectivity index (χ1n) is 8.55. The number of methoxy groups -OCH3 is 1. The molecule has 2 atom stereocenters. The Morgan fingerprint density at radius 3 is 2.56 bits per heavy atom. The SMILES string of the molecule is COc1cccc(S(=O)(=O)N2C[C@@H](c3ccccc3)[C@H](c3ncon3)C2)c1. The zero-order chi connectivity index (χ0) is 18.9. The van der Waals surface area contributed by atoms with E-state index in [1.807, 2.05) is 30.3 Å². The maximum Gasteiger partial charge on any atom is 0.243 e. The predicted molar refractivity (Wildman–Crippen MR) is 98.0 cm³/mol. The van der Waals surface area contributed by atoms with Gasteiger partial charge in [0.1, 0.15) is 5.75 Å². The van der Waals surface area contributed by atoms with Crippen molar-refractivity contribution in [3.05, 3.63) is 72.4 Å². The molecule has 1 aliphatic rings. The van der Waals surface area contributed by atoms with Gasteiger partial charge in [-0.25, -0.2) is 8.42 Å². The van der Waals surface area contributed by atoms with Crippen molar-refractivity contribution in [2.45, 2.75) is 16.7 Å². The molecule has 0 radical (unpaired) electrons. The molecule has 7 nitrogen and oxygen atoms in total. The van der Waals surface area contributed by atoms with Crippen LogP contribution in [0.15, 0.2) is 70.4 Å². The fraction of sp³-hybridized carbons (Fsp3) is 0.263. The molecular formula is C19H19N3O4S. The highest BCUT2D eigenvalue weighted by Crippen LogP contribution is 2.40. The zero-order valence-corrected chi connectivity index (χ0v) is 15.5. The Bertz CT molecular complexity index is 1010. The summed E-state index contributed by atoms with van der Waals surface area (Å²) in [6.07, 6.45) is 1.27. The van der Waals surface area contributed by atoms with Gasteiger partial charge in [0.15, 0.2) is 5.82 Å². The molecule has 0 aliphatic carbocycles. The van der Waals surface area contributed by atoms with E-state index in [1.165, 1.54) is 23.9 Å². The monoisotopic (exact) mass is 385 g/mol. The van der Waals surface area contributed by atoms with Crippen LogP contribution in [0.2, 0.25) is 0 Å². The van der Waals surface area contributed by atoms with Crippen LogP contribution < -0.4 is 4.74 Å². The number of nitrogens with zero attached hydrogens (tertiary/aromatic N) is 3. The first-order valence-corrected chi connectivity index (χ1v) is 9.99. The highest BCUT2D eigenvalue weighted by molar-refractivity contribution is 7.89. The van der Waals surface area contributed by atoms with Gasteiger partial charge in [0.2, 0.25) is 16.4 Å². The van der Waals surface area contributed by atoms with E-state index in [0.717, 1.165) is 5.56 Å². The van der Waals surface area contributed by atoms with Crippen LogP contribution in [-0.2, 0) is 10.0 Å². The van der Waals surface area contributed by atoms with Crippen LogP contribution in [0.4, 0.5) is 0 Å². The van der Waals surface area contributed by atoms with Crippen molar-refractivity contribution in [2.24, 2.45) is 0 Å². The lowest BCUT2D eigenvalue weighted by Crippen LogP contribution is -2.29. The molecule has 0 N–H and O–H groups in total. The van der Waals surface area contributed by atoms with E-state index in [1.54, 1.807) is 18.2 Å². The summed E-state index contributed by atoms with van der Waals surface area (Å²) in [7, 11) is -2.16. The average Bonchev–Trinajstić information content (AvgIpc) is 3.38. The summed E-state index contributed by atoms with van der Waals surface area (Å²) in [5.41, 5.74) is 1.05. The van der Waals surface area contributed by atoms with Gasteiger partial charge >= 0.3 is 0 Å². The van der Waals surface area contributed by atoms with E-state index in [2.05, 4.69) is 10.1 Å². The van der Waals surface area contributed by atoms with Crippen LogP contribution in [0.3, 0.4) is 0 Å². The molecule has 0 bridgehead atoms. The first-order chi connectivity index (χ1) is 13.1. The van der Waals surface area contributed by atoms with E-state index in [-0.39, 0.29) is 16.7 Å². The summed E-state index contributed by atoms with van der Waals surface area (Å²) in [6, 6.07) is 16.3. The topological polar surface area (TPSA) is 85.5 Å². The number of hydrogen-bond acceptors (Lipinski definition) is 6. The fourth-order valence-corrected chi connectivity index (χ4v) is 5.04. The molecule has 1 fully saturated rings. The van der Waals surface area contributed by atoms with Gasteiger partial charge in [-0.05, 0) is 17.7 Å². The van der Waals surface area contributed by atoms with Gasteiger partial charge in [-0.15, -0.1) is 0 Å². The minimum absolute atomic E-state index is 0.0517. The van der Waals surface area contributed by atoms with Crippen LogP contribution in [0.5, 0.6) is 5.75 Å². The van der Waals surface area contributed by atoms with Gasteiger partial charge < -0.3 is 9.26 Å². The van der Waals surface area contributed by atoms with Crippen molar-refractivity contribution in [3.63, 3.8) is 0 Å². The Kier molecular flexibility index (Phi) is 4.67. The zero-order valence-electron chi connectivity index (χ0n) is 14.7. The summed E-state index contributed by atoms with van der Waals surface area (Å²) in [5, 5.41) is 3.96. The number of sulfonamides is 1. The van der Waals surface area contributed by atoms with Gasteiger partial charge in [0, 0.05) is 31.0 Å². The normalized spacial score (nSPS) is 20.6. The molecule has 0 amide bonds. The maximum atomic E-state index is 13.2. The predicted octanol–water partition coefficient (Wildman–Crippen LogP) is 2.65. The lowest BCUT2D eigenvalue weighted by molar-refractivity contribution is 0.401. The van der Waals surface area contributed by atoms with Gasteiger partial charge in [-0.2, -0.15) is 9.29 Å². The van der Waals surface area contributed by atoms with Crippen molar-refractivity contribution in [1.29, 1.82) is 0 Å². The lowest BCUT2D eigenvalue weighted by atomic mass is 9.88. The second kappa shape index (κ2) is 7.13. The molecule has 0 saturated carbocycles. The molecular weight excluding hydrogens is 366 g/mol. The average molecular weight is 385 g/mol. The molecule has 140 valence electrons. The Labute approximate surface area is 157 Å². The first kappa shape index (κ1) is 17.7. The number of ether oxygens (including phenoxy) is 1. The third kappa shape index (κ3) is 3.33. The molecule has 1 aliphatic heterocycles. The minimum atomic E-state index is -3.67. The second-order valence-electron chi connectivity index (χ2n) is 6.41. The van der Waals surface area contributed by atoms with Gasteiger partial charge in [0.05, 0.1) is 12.0 Å². The Balaban J connectivity index is 1.70. The van der Waals surface area contributed by atoms with Crippen LogP contribution >= 0.6 is 0 Å². The largest absolute Gasteiger partial charge is 0.497 e. The summed E-state index contributed by atoms with van der Waals surface area (Å²) in [4.78, 5) is 4.38. The molecule has 1 aromatic heterocycles. The summed E-state index contributed by atoms with van der Waals surface area (Å²) in [6.45, 7) is 0.640. The quantitative estimate of drug-likeness (QED) is 0.671. The number of hydrogen-bond donors (Lipinski definition) is 0. The van der Waals surface area contributed by atoms with Crippen LogP contribution in [0.1, 0.15) is 23.2 Å². The Morgan fingerprint density at radius 2 is 1.85 bits per heavy atom. The standard InChI is InChI=1S/C19H19N3O4S/c1-25-15-8-5-9-16(10-15)27(23,24)22-11-17(14-6-3-2-4-7-14)18(12-22)19-20-13-26-21-19/h2-10,13,17-18H,11-12H2,1H3/t17-,18+/m0/s1. The summed E-state index contributed by atoms with van der Waals surface area (Å²) < 4.78 is 38.0. The van der Waals surface area contributed by atoms with E-state index >= 15 is 0 Å². The third-order valence-electron chi connectivity index (χ3n) is 4.90.